The van der Waals surface area contributed by atoms with E-state index in [0.717, 1.165) is 0 Å². The van der Waals surface area contributed by atoms with Gasteiger partial charge in [-0.05, 0) is 36.5 Å². The summed E-state index contributed by atoms with van der Waals surface area (Å²) in [4.78, 5) is 36.7. The van der Waals surface area contributed by atoms with Crippen LogP contribution in [0.5, 0.6) is 0 Å². The Labute approximate surface area is 180 Å². The highest BCUT2D eigenvalue weighted by Crippen LogP contribution is 2.22. The van der Waals surface area contributed by atoms with Gasteiger partial charge in [0.25, 0.3) is 5.91 Å². The van der Waals surface area contributed by atoms with E-state index in [4.69, 9.17) is 32.5 Å². The van der Waals surface area contributed by atoms with Crippen molar-refractivity contribution in [3.63, 3.8) is 0 Å². The van der Waals surface area contributed by atoms with Crippen molar-refractivity contribution in [1.82, 2.24) is 10.6 Å². The summed E-state index contributed by atoms with van der Waals surface area (Å²) in [5, 5.41) is 5.89. The standard InChI is InChI=1S/C19H25BCl2N2O5/c1-10(2)7-15(20-28-17(11(3)4)19(27)29-20)24-16(25)9-23-18(26)13-8-12(21)5-6-14(13)22/h5-6,8,10-11,15,17H,7,9H2,1-4H3,(H,23,26)(H,24,25)/t15?,17-/m0/s1. The lowest BCUT2D eigenvalue weighted by Gasteiger charge is -2.22. The van der Waals surface area contributed by atoms with Gasteiger partial charge in [0.15, 0.2) is 0 Å². The zero-order chi connectivity index (χ0) is 21.7. The number of hydrogen-bond acceptors (Lipinski definition) is 5. The Hall–Kier alpha value is -1.77. The molecule has 2 rings (SSSR count). The quantitative estimate of drug-likeness (QED) is 0.603. The first-order chi connectivity index (χ1) is 13.6. The van der Waals surface area contributed by atoms with Gasteiger partial charge in [-0.15, -0.1) is 0 Å². The predicted octanol–water partition coefficient (Wildman–Crippen LogP) is 2.88. The lowest BCUT2D eigenvalue weighted by Crippen LogP contribution is -2.51. The Morgan fingerprint density at radius 1 is 1.21 bits per heavy atom. The summed E-state index contributed by atoms with van der Waals surface area (Å²) in [6, 6.07) is 4.50. The fourth-order valence-corrected chi connectivity index (χ4v) is 3.32. The van der Waals surface area contributed by atoms with Gasteiger partial charge in [-0.3, -0.25) is 14.4 Å². The highest BCUT2D eigenvalue weighted by Gasteiger charge is 2.47. The first kappa shape index (κ1) is 23.5. The number of hydrogen-bond donors (Lipinski definition) is 2. The summed E-state index contributed by atoms with van der Waals surface area (Å²) in [7, 11) is -0.862. The molecule has 0 aromatic heterocycles. The lowest BCUT2D eigenvalue weighted by molar-refractivity contribution is -0.137. The van der Waals surface area contributed by atoms with E-state index >= 15 is 0 Å². The van der Waals surface area contributed by atoms with Crippen LogP contribution in [0.15, 0.2) is 18.2 Å². The van der Waals surface area contributed by atoms with Gasteiger partial charge in [-0.25, -0.2) is 0 Å². The van der Waals surface area contributed by atoms with Gasteiger partial charge in [0.2, 0.25) is 5.91 Å². The second kappa shape index (κ2) is 10.3. The summed E-state index contributed by atoms with van der Waals surface area (Å²) in [6.07, 6.45) is -0.112. The molecule has 1 saturated heterocycles. The van der Waals surface area contributed by atoms with Crippen LogP contribution in [0.4, 0.5) is 0 Å². The zero-order valence-electron chi connectivity index (χ0n) is 16.8. The molecule has 29 heavy (non-hydrogen) atoms. The van der Waals surface area contributed by atoms with E-state index in [-0.39, 0.29) is 29.0 Å². The van der Waals surface area contributed by atoms with Crippen LogP contribution in [0, 0.1) is 11.8 Å². The number of benzene rings is 1. The zero-order valence-corrected chi connectivity index (χ0v) is 18.3. The third-order valence-corrected chi connectivity index (χ3v) is 4.90. The fourth-order valence-electron chi connectivity index (χ4n) is 2.95. The van der Waals surface area contributed by atoms with Crippen molar-refractivity contribution in [3.05, 3.63) is 33.8 Å². The van der Waals surface area contributed by atoms with Gasteiger partial charge in [0.1, 0.15) is 6.10 Å². The Bertz CT molecular complexity index is 775. The van der Waals surface area contributed by atoms with E-state index in [9.17, 15) is 14.4 Å². The molecular formula is C19H25BCl2N2O5. The second-order valence-corrected chi connectivity index (χ2v) is 8.56. The number of rotatable bonds is 8. The minimum absolute atomic E-state index is 0.0374. The molecule has 0 radical (unpaired) electrons. The monoisotopic (exact) mass is 442 g/mol. The molecule has 2 amide bonds. The molecule has 0 saturated carbocycles. The van der Waals surface area contributed by atoms with E-state index < -0.39 is 36.9 Å². The maximum atomic E-state index is 12.4. The van der Waals surface area contributed by atoms with Crippen molar-refractivity contribution in [2.75, 3.05) is 6.54 Å². The molecule has 7 nitrogen and oxygen atoms in total. The van der Waals surface area contributed by atoms with Crippen LogP contribution < -0.4 is 10.6 Å². The number of carbonyl (C=O) groups is 3. The highest BCUT2D eigenvalue weighted by atomic mass is 35.5. The molecule has 1 fully saturated rings. The minimum Gasteiger partial charge on any atom is -0.506 e. The molecule has 1 aromatic carbocycles. The van der Waals surface area contributed by atoms with Crippen LogP contribution in [-0.4, -0.2) is 43.5 Å². The van der Waals surface area contributed by atoms with Gasteiger partial charge < -0.3 is 19.9 Å². The number of nitrogens with one attached hydrogen (secondary N) is 2. The molecule has 1 aromatic rings. The summed E-state index contributed by atoms with van der Waals surface area (Å²) >= 11 is 11.9. The maximum Gasteiger partial charge on any atom is 0.552 e. The third-order valence-electron chi connectivity index (χ3n) is 4.33. The maximum absolute atomic E-state index is 12.4. The molecule has 0 aliphatic carbocycles. The lowest BCUT2D eigenvalue weighted by atomic mass is 9.74. The van der Waals surface area contributed by atoms with Gasteiger partial charge in [-0.2, -0.15) is 0 Å². The Morgan fingerprint density at radius 2 is 1.90 bits per heavy atom. The molecule has 1 aliphatic heterocycles. The van der Waals surface area contributed by atoms with Crippen LogP contribution in [0.2, 0.25) is 10.0 Å². The average Bonchev–Trinajstić information content (AvgIpc) is 3.03. The van der Waals surface area contributed by atoms with E-state index in [1.54, 1.807) is 6.07 Å². The normalized spacial score (nSPS) is 17.4. The van der Waals surface area contributed by atoms with Crippen molar-refractivity contribution in [3.8, 4) is 0 Å². The fraction of sp³-hybridized carbons (Fsp3) is 0.526. The Morgan fingerprint density at radius 3 is 2.48 bits per heavy atom. The molecule has 2 N–H and O–H groups in total. The predicted molar refractivity (Wildman–Crippen MR) is 112 cm³/mol. The summed E-state index contributed by atoms with van der Waals surface area (Å²) in [6.45, 7) is 7.42. The van der Waals surface area contributed by atoms with Crippen molar-refractivity contribution >= 4 is 48.1 Å². The molecule has 1 aliphatic rings. The van der Waals surface area contributed by atoms with Crippen LogP contribution in [0.3, 0.4) is 0 Å². The molecule has 2 atom stereocenters. The van der Waals surface area contributed by atoms with E-state index in [0.29, 0.717) is 11.4 Å². The van der Waals surface area contributed by atoms with E-state index in [1.165, 1.54) is 12.1 Å². The Kier molecular flexibility index (Phi) is 8.37. The Balaban J connectivity index is 1.97. The SMILES string of the molecule is CC(C)CC(NC(=O)CNC(=O)c1cc(Cl)ccc1Cl)B1OC(=O)[C@H](C(C)C)O1. The number of amides is 2. The van der Waals surface area contributed by atoms with Crippen LogP contribution in [0.1, 0.15) is 44.5 Å². The van der Waals surface area contributed by atoms with Gasteiger partial charge in [0.05, 0.1) is 23.1 Å². The van der Waals surface area contributed by atoms with Crippen molar-refractivity contribution in [2.24, 2.45) is 11.8 Å². The summed E-state index contributed by atoms with van der Waals surface area (Å²) in [5.74, 6) is -1.73. The topological polar surface area (TPSA) is 93.7 Å². The van der Waals surface area contributed by atoms with Crippen molar-refractivity contribution < 1.29 is 23.7 Å². The van der Waals surface area contributed by atoms with Crippen molar-refractivity contribution in [1.29, 1.82) is 0 Å². The molecular weight excluding hydrogens is 418 g/mol. The number of halogens is 2. The molecule has 10 heteroatoms. The van der Waals surface area contributed by atoms with Crippen LogP contribution >= 0.6 is 23.2 Å². The molecule has 158 valence electrons. The first-order valence-electron chi connectivity index (χ1n) is 9.47. The van der Waals surface area contributed by atoms with E-state index in [1.807, 2.05) is 27.7 Å². The minimum atomic E-state index is -0.862. The highest BCUT2D eigenvalue weighted by molar-refractivity contribution is 6.51. The second-order valence-electron chi connectivity index (χ2n) is 7.72. The molecule has 0 spiro atoms. The van der Waals surface area contributed by atoms with Gasteiger partial charge in [0, 0.05) is 5.02 Å². The van der Waals surface area contributed by atoms with Crippen LogP contribution in [0.25, 0.3) is 0 Å². The average molecular weight is 443 g/mol. The largest absolute Gasteiger partial charge is 0.552 e. The smallest absolute Gasteiger partial charge is 0.506 e. The summed E-state index contributed by atoms with van der Waals surface area (Å²) < 4.78 is 11.0. The van der Waals surface area contributed by atoms with Crippen molar-refractivity contribution in [2.45, 2.75) is 46.2 Å². The first-order valence-corrected chi connectivity index (χ1v) is 10.2. The molecule has 1 unspecified atom stereocenters. The molecule has 1 heterocycles. The summed E-state index contributed by atoms with van der Waals surface area (Å²) in [5.41, 5.74) is 0.179. The van der Waals surface area contributed by atoms with Gasteiger partial charge >= 0.3 is 13.1 Å². The third kappa shape index (κ3) is 6.62. The molecule has 0 bridgehead atoms. The number of carbonyl (C=O) groups excluding carboxylic acids is 3. The van der Waals surface area contributed by atoms with Gasteiger partial charge in [-0.1, -0.05) is 50.9 Å². The van der Waals surface area contributed by atoms with E-state index in [2.05, 4.69) is 10.6 Å². The van der Waals surface area contributed by atoms with Crippen LogP contribution in [-0.2, 0) is 18.9 Å².